The van der Waals surface area contributed by atoms with Gasteiger partial charge < -0.3 is 0 Å². The predicted octanol–water partition coefficient (Wildman–Crippen LogP) is 0.830. The molecule has 0 saturated carbocycles. The van der Waals surface area contributed by atoms with Crippen LogP contribution >= 0.6 is 0 Å². The molecule has 0 atom stereocenters. The summed E-state index contributed by atoms with van der Waals surface area (Å²) < 4.78 is 22.7. The largest absolute Gasteiger partial charge is 0.295 e. The van der Waals surface area contributed by atoms with Gasteiger partial charge in [-0.2, -0.15) is 0 Å². The van der Waals surface area contributed by atoms with Gasteiger partial charge in [-0.25, -0.2) is 18.4 Å². The first-order chi connectivity index (χ1) is 8.46. The summed E-state index contributed by atoms with van der Waals surface area (Å²) in [4.78, 5) is 10.9. The van der Waals surface area contributed by atoms with Crippen LogP contribution in [0.5, 0.6) is 0 Å². The van der Waals surface area contributed by atoms with Crippen molar-refractivity contribution in [1.29, 1.82) is 0 Å². The Bertz CT molecular complexity index is 500. The zero-order chi connectivity index (χ0) is 13.2. The number of nitrogens with zero attached hydrogens (tertiary/aromatic N) is 3. The van der Waals surface area contributed by atoms with Crippen molar-refractivity contribution in [2.24, 2.45) is 0 Å². The van der Waals surface area contributed by atoms with E-state index in [-0.39, 0.29) is 11.5 Å². The SMILES string of the molecule is CC(C)c1nccc(CN2CCS(=O)(=O)CC2)n1. The Morgan fingerprint density at radius 3 is 2.61 bits per heavy atom. The number of hydrogen-bond donors (Lipinski definition) is 0. The Balaban J connectivity index is 2.00. The molecule has 18 heavy (non-hydrogen) atoms. The Morgan fingerprint density at radius 1 is 1.33 bits per heavy atom. The van der Waals surface area contributed by atoms with Gasteiger partial charge >= 0.3 is 0 Å². The molecule has 2 heterocycles. The highest BCUT2D eigenvalue weighted by Crippen LogP contribution is 2.11. The Hall–Kier alpha value is -1.01. The van der Waals surface area contributed by atoms with Gasteiger partial charge in [0.1, 0.15) is 5.82 Å². The summed E-state index contributed by atoms with van der Waals surface area (Å²) in [6.07, 6.45) is 1.78. The lowest BCUT2D eigenvalue weighted by molar-refractivity contribution is 0.283. The fourth-order valence-corrected chi connectivity index (χ4v) is 3.19. The highest BCUT2D eigenvalue weighted by molar-refractivity contribution is 7.91. The van der Waals surface area contributed by atoms with E-state index >= 15 is 0 Å². The zero-order valence-corrected chi connectivity index (χ0v) is 11.7. The van der Waals surface area contributed by atoms with E-state index in [4.69, 9.17) is 0 Å². The van der Waals surface area contributed by atoms with E-state index in [1.54, 1.807) is 6.20 Å². The van der Waals surface area contributed by atoms with Gasteiger partial charge in [0.25, 0.3) is 0 Å². The molecule has 0 radical (unpaired) electrons. The highest BCUT2D eigenvalue weighted by Gasteiger charge is 2.21. The van der Waals surface area contributed by atoms with Crippen LogP contribution in [0.25, 0.3) is 0 Å². The van der Waals surface area contributed by atoms with Crippen molar-refractivity contribution in [2.75, 3.05) is 24.6 Å². The maximum Gasteiger partial charge on any atom is 0.152 e. The second kappa shape index (κ2) is 5.32. The average Bonchev–Trinajstić information content (AvgIpc) is 2.32. The quantitative estimate of drug-likeness (QED) is 0.813. The topological polar surface area (TPSA) is 63.2 Å². The second-order valence-electron chi connectivity index (χ2n) is 4.99. The third-order valence-corrected chi connectivity index (χ3v) is 4.68. The van der Waals surface area contributed by atoms with Crippen molar-refractivity contribution in [3.63, 3.8) is 0 Å². The lowest BCUT2D eigenvalue weighted by Crippen LogP contribution is -2.39. The smallest absolute Gasteiger partial charge is 0.152 e. The second-order valence-corrected chi connectivity index (χ2v) is 7.29. The fourth-order valence-electron chi connectivity index (χ4n) is 1.92. The molecule has 0 spiro atoms. The molecule has 1 aromatic heterocycles. The van der Waals surface area contributed by atoms with Crippen molar-refractivity contribution in [3.8, 4) is 0 Å². The van der Waals surface area contributed by atoms with Crippen molar-refractivity contribution < 1.29 is 8.42 Å². The molecule has 100 valence electrons. The fraction of sp³-hybridized carbons (Fsp3) is 0.667. The average molecular weight is 269 g/mol. The zero-order valence-electron chi connectivity index (χ0n) is 10.8. The van der Waals surface area contributed by atoms with E-state index < -0.39 is 9.84 Å². The van der Waals surface area contributed by atoms with Crippen molar-refractivity contribution in [2.45, 2.75) is 26.3 Å². The molecule has 0 amide bonds. The molecular formula is C12H19N3O2S. The first-order valence-corrected chi connectivity index (χ1v) is 8.03. The Kier molecular flexibility index (Phi) is 3.97. The highest BCUT2D eigenvalue weighted by atomic mass is 32.2. The van der Waals surface area contributed by atoms with Gasteiger partial charge in [-0.3, -0.25) is 4.90 Å². The van der Waals surface area contributed by atoms with Gasteiger partial charge in [-0.15, -0.1) is 0 Å². The molecular weight excluding hydrogens is 250 g/mol. The van der Waals surface area contributed by atoms with Gasteiger partial charge in [-0.1, -0.05) is 13.8 Å². The lowest BCUT2D eigenvalue weighted by atomic mass is 10.2. The third kappa shape index (κ3) is 3.49. The van der Waals surface area contributed by atoms with Crippen LogP contribution in [0.2, 0.25) is 0 Å². The third-order valence-electron chi connectivity index (χ3n) is 3.07. The van der Waals surface area contributed by atoms with Crippen LogP contribution in [0, 0.1) is 0 Å². The molecule has 0 bridgehead atoms. The molecule has 1 aliphatic heterocycles. The van der Waals surface area contributed by atoms with Crippen LogP contribution in [0.4, 0.5) is 0 Å². The van der Waals surface area contributed by atoms with Gasteiger partial charge in [0.15, 0.2) is 9.84 Å². The van der Waals surface area contributed by atoms with Crippen molar-refractivity contribution in [1.82, 2.24) is 14.9 Å². The maximum absolute atomic E-state index is 11.3. The molecule has 0 aliphatic carbocycles. The molecule has 0 unspecified atom stereocenters. The molecule has 5 nitrogen and oxygen atoms in total. The molecule has 0 aromatic carbocycles. The standard InChI is InChI=1S/C12H19N3O2S/c1-10(2)12-13-4-3-11(14-12)9-15-5-7-18(16,17)8-6-15/h3-4,10H,5-9H2,1-2H3. The predicted molar refractivity (Wildman–Crippen MR) is 70.1 cm³/mol. The van der Waals surface area contributed by atoms with E-state index in [2.05, 4.69) is 28.7 Å². The van der Waals surface area contributed by atoms with Crippen LogP contribution in [-0.2, 0) is 16.4 Å². The van der Waals surface area contributed by atoms with Crippen LogP contribution < -0.4 is 0 Å². The summed E-state index contributed by atoms with van der Waals surface area (Å²) in [5, 5.41) is 0. The summed E-state index contributed by atoms with van der Waals surface area (Å²) in [6.45, 7) is 6.03. The van der Waals surface area contributed by atoms with Crippen LogP contribution in [0.3, 0.4) is 0 Å². The van der Waals surface area contributed by atoms with Crippen LogP contribution in [0.1, 0.15) is 31.3 Å². The Morgan fingerprint density at radius 2 is 2.00 bits per heavy atom. The minimum Gasteiger partial charge on any atom is -0.295 e. The minimum atomic E-state index is -2.80. The monoisotopic (exact) mass is 269 g/mol. The normalized spacial score (nSPS) is 20.2. The number of sulfone groups is 1. The molecule has 1 aromatic rings. The molecule has 2 rings (SSSR count). The van der Waals surface area contributed by atoms with Gasteiger partial charge in [-0.05, 0) is 6.07 Å². The van der Waals surface area contributed by atoms with E-state index in [1.807, 2.05) is 6.07 Å². The molecule has 1 fully saturated rings. The van der Waals surface area contributed by atoms with Gasteiger partial charge in [0.05, 0.1) is 17.2 Å². The summed E-state index contributed by atoms with van der Waals surface area (Å²) in [6, 6.07) is 1.90. The summed E-state index contributed by atoms with van der Waals surface area (Å²) in [5.41, 5.74) is 0.966. The van der Waals surface area contributed by atoms with Crippen LogP contribution in [-0.4, -0.2) is 47.9 Å². The first-order valence-electron chi connectivity index (χ1n) is 6.21. The molecule has 6 heteroatoms. The van der Waals surface area contributed by atoms with Crippen molar-refractivity contribution in [3.05, 3.63) is 23.8 Å². The number of rotatable bonds is 3. The van der Waals surface area contributed by atoms with E-state index in [0.717, 1.165) is 11.5 Å². The molecule has 1 saturated heterocycles. The van der Waals surface area contributed by atoms with Gasteiger partial charge in [0.2, 0.25) is 0 Å². The summed E-state index contributed by atoms with van der Waals surface area (Å²) >= 11 is 0. The maximum atomic E-state index is 11.3. The minimum absolute atomic E-state index is 0.259. The number of hydrogen-bond acceptors (Lipinski definition) is 5. The molecule has 0 N–H and O–H groups in total. The van der Waals surface area contributed by atoms with E-state index in [0.29, 0.717) is 25.6 Å². The Labute approximate surface area is 108 Å². The van der Waals surface area contributed by atoms with Gasteiger partial charge in [0, 0.05) is 31.7 Å². The summed E-state index contributed by atoms with van der Waals surface area (Å²) in [7, 11) is -2.80. The number of aromatic nitrogens is 2. The summed E-state index contributed by atoms with van der Waals surface area (Å²) in [5.74, 6) is 1.67. The van der Waals surface area contributed by atoms with E-state index in [9.17, 15) is 8.42 Å². The van der Waals surface area contributed by atoms with Crippen molar-refractivity contribution >= 4 is 9.84 Å². The van der Waals surface area contributed by atoms with Crippen LogP contribution in [0.15, 0.2) is 12.3 Å². The lowest BCUT2D eigenvalue weighted by Gasteiger charge is -2.26. The molecule has 1 aliphatic rings. The first kappa shape index (κ1) is 13.4. The van der Waals surface area contributed by atoms with E-state index in [1.165, 1.54) is 0 Å².